The van der Waals surface area contributed by atoms with E-state index in [2.05, 4.69) is 219 Å². The predicted molar refractivity (Wildman–Crippen MR) is 351 cm³/mol. The van der Waals surface area contributed by atoms with Crippen molar-refractivity contribution < 1.29 is 0 Å². The quantitative estimate of drug-likeness (QED) is 0.134. The molecule has 402 valence electrons. The zero-order valence-corrected chi connectivity index (χ0v) is 46.5. The van der Waals surface area contributed by atoms with Crippen LogP contribution >= 0.6 is 0 Å². The van der Waals surface area contributed by atoms with E-state index in [1.165, 1.54) is 21.5 Å². The van der Waals surface area contributed by atoms with Crippen LogP contribution in [-0.2, 0) is 0 Å². The Balaban J connectivity index is 1.000. The molecule has 87 heavy (non-hydrogen) atoms. The Kier molecular flexibility index (Phi) is 11.8. The van der Waals surface area contributed by atoms with E-state index in [-0.39, 0.29) is 16.8 Å². The molecule has 9 heteroatoms. The molecule has 0 unspecified atom stereocenters. The van der Waals surface area contributed by atoms with Gasteiger partial charge in [0.1, 0.15) is 0 Å². The van der Waals surface area contributed by atoms with Crippen LogP contribution in [0.2, 0.25) is 0 Å². The van der Waals surface area contributed by atoms with Crippen LogP contribution in [-0.4, -0.2) is 28.7 Å². The lowest BCUT2D eigenvalue weighted by atomic mass is 9.92. The molecule has 0 saturated heterocycles. The number of hydrogen-bond donors (Lipinski definition) is 0. The highest BCUT2D eigenvalue weighted by atomic mass is 15.0. The minimum absolute atomic E-state index is 0.242. The Morgan fingerprint density at radius 2 is 0.701 bits per heavy atom. The maximum absolute atomic E-state index is 10.5. The number of rotatable bonds is 9. The van der Waals surface area contributed by atoms with E-state index in [9.17, 15) is 10.5 Å². The first-order chi connectivity index (χ1) is 43.0. The van der Waals surface area contributed by atoms with Crippen molar-refractivity contribution in [2.45, 2.75) is 0 Å². The standard InChI is InChI=1S/C78H45N9/c1-81-67-43-49(47-79)42-56(48-80)74(67)54-36-41-73-66(44-54)63-26-12-17-31-72(63)87(73)75-64(50-32-37-57(38-33-50)85-68-27-13-8-22-59(68)60-23-9-14-28-69(60)85)45-55(78-83-76(52-18-4-2-5-19-52)82-77(84-78)53-20-6-3-7-21-53)46-65(75)51-34-39-58(40-35-51)86-70-29-15-10-24-61(70)62-25-11-16-30-71(62)86/h2-46H. The topological polar surface area (TPSA) is 105 Å². The SMILES string of the molecule is [C-]#[N+]c1cc(C#N)cc(C#N)c1-c1ccc2c(c1)c1ccccc1n2-c1c(-c2ccc(-n3c4ccccc4c4ccccc43)cc2)cc(-c2nc(-c3ccccc3)nc(-c3ccccc3)n2)cc1-c1ccc(-n2c3ccccc3c3ccccc32)cc1. The normalized spacial score (nSPS) is 11.4. The third kappa shape index (κ3) is 8.25. The highest BCUT2D eigenvalue weighted by Gasteiger charge is 2.25. The monoisotopic (exact) mass is 1110 g/mol. The van der Waals surface area contributed by atoms with Crippen molar-refractivity contribution in [1.29, 1.82) is 10.5 Å². The van der Waals surface area contributed by atoms with Crippen LogP contribution in [0.5, 0.6) is 0 Å². The molecule has 0 bridgehead atoms. The van der Waals surface area contributed by atoms with Crippen LogP contribution in [0.4, 0.5) is 5.69 Å². The molecule has 0 aliphatic heterocycles. The van der Waals surface area contributed by atoms with Crippen molar-refractivity contribution in [2.75, 3.05) is 0 Å². The molecular formula is C78H45N9. The van der Waals surface area contributed by atoms with Gasteiger partial charge in [-0.05, 0) is 108 Å². The largest absolute Gasteiger partial charge is 0.309 e. The number of nitrogens with zero attached hydrogens (tertiary/aromatic N) is 9. The zero-order chi connectivity index (χ0) is 58.1. The van der Waals surface area contributed by atoms with Crippen LogP contribution in [0.25, 0.3) is 155 Å². The van der Waals surface area contributed by atoms with E-state index in [1.54, 1.807) is 12.1 Å². The Hall–Kier alpha value is -12.5. The molecular weight excluding hydrogens is 1060 g/mol. The molecule has 0 amide bonds. The van der Waals surface area contributed by atoms with Gasteiger partial charge in [0.25, 0.3) is 0 Å². The summed E-state index contributed by atoms with van der Waals surface area (Å²) in [4.78, 5) is 19.7. The number of benzene rings is 12. The molecule has 16 aromatic rings. The summed E-state index contributed by atoms with van der Waals surface area (Å²) in [6.45, 7) is 8.23. The lowest BCUT2D eigenvalue weighted by Gasteiger charge is -2.22. The first-order valence-corrected chi connectivity index (χ1v) is 28.6. The van der Waals surface area contributed by atoms with Crippen LogP contribution in [0.3, 0.4) is 0 Å². The van der Waals surface area contributed by atoms with Gasteiger partial charge in [0.2, 0.25) is 0 Å². The molecule has 0 aliphatic carbocycles. The van der Waals surface area contributed by atoms with Gasteiger partial charge in [-0.25, -0.2) is 19.8 Å². The van der Waals surface area contributed by atoms with Gasteiger partial charge in [-0.1, -0.05) is 182 Å². The van der Waals surface area contributed by atoms with Crippen molar-refractivity contribution in [3.8, 4) is 96.7 Å². The first kappa shape index (κ1) is 50.3. The van der Waals surface area contributed by atoms with Gasteiger partial charge >= 0.3 is 0 Å². The van der Waals surface area contributed by atoms with Gasteiger partial charge < -0.3 is 13.7 Å². The second-order valence-corrected chi connectivity index (χ2v) is 21.6. The molecule has 4 aromatic heterocycles. The first-order valence-electron chi connectivity index (χ1n) is 28.6. The fourth-order valence-electron chi connectivity index (χ4n) is 12.9. The lowest BCUT2D eigenvalue weighted by Crippen LogP contribution is -2.04. The summed E-state index contributed by atoms with van der Waals surface area (Å²) in [7, 11) is 0. The van der Waals surface area contributed by atoms with Crippen LogP contribution < -0.4 is 0 Å². The maximum atomic E-state index is 10.5. The average molecular weight is 1110 g/mol. The number of fused-ring (bicyclic) bond motifs is 9. The maximum Gasteiger partial charge on any atom is 0.197 e. The third-order valence-corrected chi connectivity index (χ3v) is 16.8. The molecule has 0 N–H and O–H groups in total. The Labute approximate surface area is 499 Å². The van der Waals surface area contributed by atoms with E-state index in [0.717, 1.165) is 99.9 Å². The van der Waals surface area contributed by atoms with E-state index in [1.807, 2.05) is 72.8 Å². The second kappa shape index (κ2) is 20.4. The molecule has 0 saturated carbocycles. The van der Waals surface area contributed by atoms with E-state index >= 15 is 0 Å². The summed E-state index contributed by atoms with van der Waals surface area (Å²) in [5.74, 6) is 1.62. The summed E-state index contributed by atoms with van der Waals surface area (Å²) in [6, 6.07) is 98.8. The van der Waals surface area contributed by atoms with Crippen LogP contribution in [0, 0.1) is 29.2 Å². The van der Waals surface area contributed by atoms with Gasteiger partial charge in [-0.15, -0.1) is 0 Å². The molecule has 0 fully saturated rings. The van der Waals surface area contributed by atoms with Crippen molar-refractivity contribution in [2.24, 2.45) is 0 Å². The minimum Gasteiger partial charge on any atom is -0.309 e. The fraction of sp³-hybridized carbons (Fsp3) is 0. The van der Waals surface area contributed by atoms with Crippen molar-refractivity contribution in [3.63, 3.8) is 0 Å². The van der Waals surface area contributed by atoms with E-state index in [4.69, 9.17) is 21.5 Å². The third-order valence-electron chi connectivity index (χ3n) is 16.8. The number of hydrogen-bond acceptors (Lipinski definition) is 5. The van der Waals surface area contributed by atoms with Gasteiger partial charge in [0.15, 0.2) is 23.2 Å². The predicted octanol–water partition coefficient (Wildman–Crippen LogP) is 19.5. The molecule has 0 atom stereocenters. The van der Waals surface area contributed by atoms with Crippen LogP contribution in [0.15, 0.2) is 273 Å². The molecule has 12 aromatic carbocycles. The highest BCUT2D eigenvalue weighted by Crippen LogP contribution is 2.47. The summed E-state index contributed by atoms with van der Waals surface area (Å²) in [6.07, 6.45) is 0. The molecule has 0 aliphatic rings. The molecule has 0 radical (unpaired) electrons. The van der Waals surface area contributed by atoms with Crippen molar-refractivity contribution >= 4 is 71.1 Å². The highest BCUT2D eigenvalue weighted by molar-refractivity contribution is 6.13. The molecule has 0 spiro atoms. The average Bonchev–Trinajstić information content (AvgIpc) is 1.76. The Morgan fingerprint density at radius 1 is 0.322 bits per heavy atom. The molecule has 9 nitrogen and oxygen atoms in total. The minimum atomic E-state index is 0.242. The van der Waals surface area contributed by atoms with Crippen molar-refractivity contribution in [1.82, 2.24) is 28.7 Å². The van der Waals surface area contributed by atoms with E-state index in [0.29, 0.717) is 28.6 Å². The van der Waals surface area contributed by atoms with Gasteiger partial charge in [-0.2, -0.15) is 10.5 Å². The summed E-state index contributed by atoms with van der Waals surface area (Å²) in [5, 5.41) is 27.1. The fourth-order valence-corrected chi connectivity index (χ4v) is 12.9. The summed E-state index contributed by atoms with van der Waals surface area (Å²) in [5.41, 5.74) is 17.6. The molecule has 4 heterocycles. The van der Waals surface area contributed by atoms with Gasteiger partial charge in [0, 0.05) is 82.6 Å². The lowest BCUT2D eigenvalue weighted by molar-refractivity contribution is 1.07. The Bertz CT molecular complexity index is 5220. The van der Waals surface area contributed by atoms with Crippen molar-refractivity contribution in [3.05, 3.63) is 296 Å². The van der Waals surface area contributed by atoms with Gasteiger partial charge in [-0.3, -0.25) is 0 Å². The summed E-state index contributed by atoms with van der Waals surface area (Å²) < 4.78 is 7.04. The van der Waals surface area contributed by atoms with Gasteiger partial charge in [0.05, 0.1) is 63.1 Å². The van der Waals surface area contributed by atoms with Crippen LogP contribution in [0.1, 0.15) is 11.1 Å². The zero-order valence-electron chi connectivity index (χ0n) is 46.5. The molecule has 16 rings (SSSR count). The smallest absolute Gasteiger partial charge is 0.197 e. The van der Waals surface area contributed by atoms with E-state index < -0.39 is 0 Å². The number of para-hydroxylation sites is 5. The Morgan fingerprint density at radius 3 is 1.13 bits per heavy atom. The number of nitriles is 2. The number of aromatic nitrogens is 6. The second-order valence-electron chi connectivity index (χ2n) is 21.6. The summed E-state index contributed by atoms with van der Waals surface area (Å²) >= 11 is 0.